The zero-order valence-corrected chi connectivity index (χ0v) is 11.9. The first-order chi connectivity index (χ1) is 8.00. The number of nitrogens with two attached hydrogens (primary N) is 1. The second-order valence-corrected chi connectivity index (χ2v) is 5.37. The normalized spacial score (nSPS) is 10.6. The first kappa shape index (κ1) is 14.3. The Hall–Kier alpha value is -0.800. The molecule has 1 rings (SSSR count). The predicted octanol–water partition coefficient (Wildman–Crippen LogP) is 3.82. The summed E-state index contributed by atoms with van der Waals surface area (Å²) in [5, 5.41) is 3.98. The predicted molar refractivity (Wildman–Crippen MR) is 79.9 cm³/mol. The van der Waals surface area contributed by atoms with E-state index in [4.69, 9.17) is 29.6 Å². The lowest BCUT2D eigenvalue weighted by Gasteiger charge is -2.10. The van der Waals surface area contributed by atoms with Gasteiger partial charge in [0.2, 0.25) is 0 Å². The van der Waals surface area contributed by atoms with Gasteiger partial charge in [0.1, 0.15) is 4.99 Å². The van der Waals surface area contributed by atoms with Crippen molar-refractivity contribution in [3.8, 4) is 0 Å². The van der Waals surface area contributed by atoms with Gasteiger partial charge < -0.3 is 11.1 Å². The number of anilines is 1. The van der Waals surface area contributed by atoms with E-state index < -0.39 is 0 Å². The maximum Gasteiger partial charge on any atom is 0.104 e. The van der Waals surface area contributed by atoms with Crippen LogP contribution in [0, 0.1) is 5.92 Å². The van der Waals surface area contributed by atoms with Gasteiger partial charge in [-0.3, -0.25) is 0 Å². The van der Waals surface area contributed by atoms with Crippen molar-refractivity contribution in [2.45, 2.75) is 26.7 Å². The molecule has 4 heteroatoms. The molecule has 2 nitrogen and oxygen atoms in total. The highest BCUT2D eigenvalue weighted by atomic mass is 35.5. The summed E-state index contributed by atoms with van der Waals surface area (Å²) < 4.78 is 0. The zero-order valence-electron chi connectivity index (χ0n) is 10.3. The smallest absolute Gasteiger partial charge is 0.104 e. The maximum absolute atomic E-state index is 6.14. The van der Waals surface area contributed by atoms with Gasteiger partial charge in [0, 0.05) is 12.1 Å². The third-order valence-corrected chi connectivity index (χ3v) is 3.08. The van der Waals surface area contributed by atoms with E-state index in [-0.39, 0.29) is 0 Å². The van der Waals surface area contributed by atoms with Crippen LogP contribution < -0.4 is 11.1 Å². The number of rotatable bonds is 6. The van der Waals surface area contributed by atoms with E-state index >= 15 is 0 Å². The molecule has 0 radical (unpaired) electrons. The summed E-state index contributed by atoms with van der Waals surface area (Å²) in [6, 6.07) is 5.61. The summed E-state index contributed by atoms with van der Waals surface area (Å²) in [4.78, 5) is 0.373. The molecule has 0 heterocycles. The molecule has 0 aliphatic heterocycles. The summed E-state index contributed by atoms with van der Waals surface area (Å²) in [5.41, 5.74) is 7.28. The van der Waals surface area contributed by atoms with Crippen LogP contribution in [0.4, 0.5) is 5.69 Å². The number of hydrogen-bond donors (Lipinski definition) is 2. The lowest BCUT2D eigenvalue weighted by Crippen LogP contribution is -2.10. The SMILES string of the molecule is CC(C)CCCNc1ccc(C(N)=S)cc1Cl. The van der Waals surface area contributed by atoms with Crippen molar-refractivity contribution in [3.63, 3.8) is 0 Å². The van der Waals surface area contributed by atoms with Crippen LogP contribution in [-0.2, 0) is 0 Å². The Kier molecular flexibility index (Phi) is 5.72. The van der Waals surface area contributed by atoms with E-state index in [0.717, 1.165) is 30.1 Å². The molecule has 0 aliphatic rings. The van der Waals surface area contributed by atoms with Gasteiger partial charge in [0.05, 0.1) is 10.7 Å². The van der Waals surface area contributed by atoms with Gasteiger partial charge in [-0.1, -0.05) is 37.7 Å². The van der Waals surface area contributed by atoms with Crippen molar-refractivity contribution in [1.82, 2.24) is 0 Å². The quantitative estimate of drug-likeness (QED) is 0.610. The molecule has 94 valence electrons. The van der Waals surface area contributed by atoms with Crippen LogP contribution >= 0.6 is 23.8 Å². The third-order valence-electron chi connectivity index (χ3n) is 2.53. The summed E-state index contributed by atoms with van der Waals surface area (Å²) >= 11 is 11.0. The van der Waals surface area contributed by atoms with E-state index in [1.54, 1.807) is 6.07 Å². The Morgan fingerprint density at radius 2 is 2.18 bits per heavy atom. The molecule has 0 saturated carbocycles. The monoisotopic (exact) mass is 270 g/mol. The average molecular weight is 271 g/mol. The van der Waals surface area contributed by atoms with Crippen molar-refractivity contribution >= 4 is 34.5 Å². The fraction of sp³-hybridized carbons (Fsp3) is 0.462. The average Bonchev–Trinajstić information content (AvgIpc) is 2.25. The van der Waals surface area contributed by atoms with Crippen molar-refractivity contribution in [2.24, 2.45) is 11.7 Å². The van der Waals surface area contributed by atoms with Gasteiger partial charge >= 0.3 is 0 Å². The number of nitrogens with one attached hydrogen (secondary N) is 1. The lowest BCUT2D eigenvalue weighted by molar-refractivity contribution is 0.567. The van der Waals surface area contributed by atoms with Crippen molar-refractivity contribution in [2.75, 3.05) is 11.9 Å². The summed E-state index contributed by atoms with van der Waals surface area (Å²) in [6.07, 6.45) is 2.36. The molecule has 0 spiro atoms. The number of hydrogen-bond acceptors (Lipinski definition) is 2. The van der Waals surface area contributed by atoms with Crippen LogP contribution in [0.25, 0.3) is 0 Å². The summed E-state index contributed by atoms with van der Waals surface area (Å²) in [6.45, 7) is 5.39. The molecule has 3 N–H and O–H groups in total. The summed E-state index contributed by atoms with van der Waals surface area (Å²) in [7, 11) is 0. The standard InChI is InChI=1S/C13H19ClN2S/c1-9(2)4-3-7-16-12-6-5-10(13(15)17)8-11(12)14/h5-6,8-9,16H,3-4,7H2,1-2H3,(H2,15,17). The maximum atomic E-state index is 6.14. The third kappa shape index (κ3) is 4.92. The van der Waals surface area contributed by atoms with Crippen molar-refractivity contribution in [3.05, 3.63) is 28.8 Å². The Balaban J connectivity index is 2.52. The largest absolute Gasteiger partial charge is 0.389 e. The van der Waals surface area contributed by atoms with Crippen LogP contribution in [0.5, 0.6) is 0 Å². The highest BCUT2D eigenvalue weighted by Gasteiger charge is 2.03. The van der Waals surface area contributed by atoms with Gasteiger partial charge in [0.25, 0.3) is 0 Å². The molecule has 0 bridgehead atoms. The topological polar surface area (TPSA) is 38.0 Å². The van der Waals surface area contributed by atoms with Gasteiger partial charge in [-0.05, 0) is 37.0 Å². The Morgan fingerprint density at radius 3 is 2.71 bits per heavy atom. The molecule has 0 aromatic heterocycles. The fourth-order valence-corrected chi connectivity index (χ4v) is 1.92. The van der Waals surface area contributed by atoms with Crippen LogP contribution in [0.1, 0.15) is 32.3 Å². The van der Waals surface area contributed by atoms with Gasteiger partial charge in [-0.15, -0.1) is 0 Å². The van der Waals surface area contributed by atoms with Crippen molar-refractivity contribution in [1.29, 1.82) is 0 Å². The van der Waals surface area contributed by atoms with Crippen LogP contribution in [0.3, 0.4) is 0 Å². The minimum Gasteiger partial charge on any atom is -0.389 e. The Bertz CT molecular complexity index is 391. The molecular weight excluding hydrogens is 252 g/mol. The number of halogens is 1. The molecule has 17 heavy (non-hydrogen) atoms. The number of thiocarbonyl (C=S) groups is 1. The van der Waals surface area contributed by atoms with E-state index in [1.807, 2.05) is 12.1 Å². The molecule has 0 saturated heterocycles. The van der Waals surface area contributed by atoms with Crippen LogP contribution in [0.15, 0.2) is 18.2 Å². The van der Waals surface area contributed by atoms with E-state index in [1.165, 1.54) is 6.42 Å². The molecule has 1 aromatic carbocycles. The molecule has 0 amide bonds. The summed E-state index contributed by atoms with van der Waals surface area (Å²) in [5.74, 6) is 0.740. The number of benzene rings is 1. The fourth-order valence-electron chi connectivity index (χ4n) is 1.55. The molecule has 1 aromatic rings. The van der Waals surface area contributed by atoms with Gasteiger partial charge in [-0.2, -0.15) is 0 Å². The molecule has 0 unspecified atom stereocenters. The van der Waals surface area contributed by atoms with Crippen molar-refractivity contribution < 1.29 is 0 Å². The Morgan fingerprint density at radius 1 is 1.47 bits per heavy atom. The minimum absolute atomic E-state index is 0.373. The molecular formula is C13H19ClN2S. The second-order valence-electron chi connectivity index (χ2n) is 4.52. The second kappa shape index (κ2) is 6.82. The molecule has 0 fully saturated rings. The van der Waals surface area contributed by atoms with Crippen LogP contribution in [0.2, 0.25) is 5.02 Å². The van der Waals surface area contributed by atoms with E-state index in [9.17, 15) is 0 Å². The van der Waals surface area contributed by atoms with E-state index in [2.05, 4.69) is 19.2 Å². The molecule has 0 aliphatic carbocycles. The van der Waals surface area contributed by atoms with Gasteiger partial charge in [-0.25, -0.2) is 0 Å². The Labute approximate surface area is 114 Å². The molecule has 0 atom stereocenters. The highest BCUT2D eigenvalue weighted by Crippen LogP contribution is 2.23. The highest BCUT2D eigenvalue weighted by molar-refractivity contribution is 7.80. The van der Waals surface area contributed by atoms with Crippen LogP contribution in [-0.4, -0.2) is 11.5 Å². The zero-order chi connectivity index (χ0) is 12.8. The minimum atomic E-state index is 0.373. The first-order valence-electron chi connectivity index (χ1n) is 5.84. The van der Waals surface area contributed by atoms with Gasteiger partial charge in [0.15, 0.2) is 0 Å². The van der Waals surface area contributed by atoms with E-state index in [0.29, 0.717) is 10.0 Å². The lowest BCUT2D eigenvalue weighted by atomic mass is 10.1. The first-order valence-corrected chi connectivity index (χ1v) is 6.62.